The second-order valence-electron chi connectivity index (χ2n) is 6.77. The molecule has 2 N–H and O–H groups in total. The Kier molecular flexibility index (Phi) is 5.93. The molecule has 1 aromatic heterocycles. The maximum atomic E-state index is 15.2. The molecule has 2 amide bonds. The number of benzene rings is 3. The Labute approximate surface area is 190 Å². The highest BCUT2D eigenvalue weighted by Gasteiger charge is 2.22. The van der Waals surface area contributed by atoms with Crippen LogP contribution in [0.3, 0.4) is 0 Å². The molecule has 0 atom stereocenters. The molecule has 0 bridgehead atoms. The molecule has 0 saturated carbocycles. The molecule has 0 aliphatic rings. The number of aromatic nitrogens is 2. The molecule has 0 spiro atoms. The average Bonchev–Trinajstić information content (AvgIpc) is 2.80. The van der Waals surface area contributed by atoms with Crippen LogP contribution in [0.15, 0.2) is 60.8 Å². The zero-order valence-electron chi connectivity index (χ0n) is 16.6. The number of nitriles is 1. The van der Waals surface area contributed by atoms with Crippen LogP contribution < -0.4 is 10.6 Å². The fraction of sp³-hybridized carbons (Fsp3) is 0. The van der Waals surface area contributed by atoms with Gasteiger partial charge in [-0.05, 0) is 48.5 Å². The highest BCUT2D eigenvalue weighted by Crippen LogP contribution is 2.29. The van der Waals surface area contributed by atoms with Crippen molar-refractivity contribution in [3.8, 4) is 6.07 Å². The topological polar surface area (TPSA) is 108 Å². The van der Waals surface area contributed by atoms with Gasteiger partial charge in [-0.1, -0.05) is 17.7 Å². The Bertz CT molecular complexity index is 1470. The van der Waals surface area contributed by atoms with Gasteiger partial charge < -0.3 is 10.6 Å². The Balaban J connectivity index is 1.63. The summed E-state index contributed by atoms with van der Waals surface area (Å²) in [5.41, 5.74) is 0.253. The first-order chi connectivity index (χ1) is 15.9. The van der Waals surface area contributed by atoms with E-state index in [2.05, 4.69) is 20.6 Å². The van der Waals surface area contributed by atoms with Crippen LogP contribution in [0.25, 0.3) is 11.0 Å². The van der Waals surface area contributed by atoms with Gasteiger partial charge in [-0.15, -0.1) is 0 Å². The van der Waals surface area contributed by atoms with Crippen molar-refractivity contribution in [3.63, 3.8) is 0 Å². The molecule has 0 aliphatic heterocycles. The highest BCUT2D eigenvalue weighted by atomic mass is 35.5. The normalized spacial score (nSPS) is 10.5. The monoisotopic (exact) mass is 463 g/mol. The van der Waals surface area contributed by atoms with Gasteiger partial charge in [0.1, 0.15) is 11.9 Å². The van der Waals surface area contributed by atoms with Crippen molar-refractivity contribution in [2.75, 3.05) is 10.6 Å². The second-order valence-corrected chi connectivity index (χ2v) is 7.18. The number of ketones is 1. The number of carbonyl (C=O) groups is 2. The number of fused-ring (bicyclic) bond motifs is 1. The predicted octanol–water partition coefficient (Wildman–Crippen LogP) is 5.31. The van der Waals surface area contributed by atoms with Crippen LogP contribution in [-0.2, 0) is 0 Å². The zero-order chi connectivity index (χ0) is 23.5. The summed E-state index contributed by atoms with van der Waals surface area (Å²) in [6.45, 7) is 0. The van der Waals surface area contributed by atoms with Crippen LogP contribution in [0.5, 0.6) is 0 Å². The van der Waals surface area contributed by atoms with Gasteiger partial charge in [0.2, 0.25) is 0 Å². The van der Waals surface area contributed by atoms with Crippen molar-refractivity contribution in [1.29, 1.82) is 5.26 Å². The first-order valence-electron chi connectivity index (χ1n) is 9.39. The van der Waals surface area contributed by atoms with E-state index in [-0.39, 0.29) is 33.2 Å². The quantitative estimate of drug-likeness (QED) is 0.399. The number of urea groups is 1. The van der Waals surface area contributed by atoms with E-state index in [1.807, 2.05) is 6.07 Å². The van der Waals surface area contributed by atoms with E-state index < -0.39 is 29.0 Å². The zero-order valence-corrected chi connectivity index (χ0v) is 17.3. The van der Waals surface area contributed by atoms with Crippen molar-refractivity contribution in [1.82, 2.24) is 9.97 Å². The second kappa shape index (κ2) is 8.98. The third-order valence-electron chi connectivity index (χ3n) is 4.57. The minimum atomic E-state index is -1.04. The van der Waals surface area contributed by atoms with Gasteiger partial charge in [-0.25, -0.2) is 18.6 Å². The van der Waals surface area contributed by atoms with E-state index in [0.29, 0.717) is 5.52 Å². The summed E-state index contributed by atoms with van der Waals surface area (Å²) < 4.78 is 28.5. The lowest BCUT2D eigenvalue weighted by atomic mass is 10.0. The standard InChI is InChI=1S/C23H12ClF2N5O2/c24-16-5-7-18(31-23(33)30-14-3-1-2-13(25)9-14)21(26)20(16)22(32)12-4-6-17-19(8-12)29-15(10-27)11-28-17/h1-9,11H,(H2,30,31,33). The number of hydrogen-bond acceptors (Lipinski definition) is 5. The molecule has 0 fully saturated rings. The van der Waals surface area contributed by atoms with Gasteiger partial charge >= 0.3 is 6.03 Å². The highest BCUT2D eigenvalue weighted by molar-refractivity contribution is 6.35. The van der Waals surface area contributed by atoms with E-state index in [1.165, 1.54) is 54.7 Å². The molecule has 0 unspecified atom stereocenters. The van der Waals surface area contributed by atoms with Crippen molar-refractivity contribution >= 4 is 45.8 Å². The summed E-state index contributed by atoms with van der Waals surface area (Å²) in [7, 11) is 0. The lowest BCUT2D eigenvalue weighted by Crippen LogP contribution is -2.21. The van der Waals surface area contributed by atoms with Gasteiger partial charge in [0.05, 0.1) is 33.5 Å². The lowest BCUT2D eigenvalue weighted by Gasteiger charge is -2.12. The van der Waals surface area contributed by atoms with E-state index in [4.69, 9.17) is 16.9 Å². The van der Waals surface area contributed by atoms with Gasteiger partial charge in [-0.3, -0.25) is 9.78 Å². The lowest BCUT2D eigenvalue weighted by molar-refractivity contribution is 0.103. The third-order valence-corrected chi connectivity index (χ3v) is 4.88. The minimum absolute atomic E-state index is 0.0619. The summed E-state index contributed by atoms with van der Waals surface area (Å²) in [5, 5.41) is 13.5. The molecule has 3 aromatic carbocycles. The summed E-state index contributed by atoms with van der Waals surface area (Å²) in [4.78, 5) is 33.4. The molecule has 4 rings (SSSR count). The van der Waals surface area contributed by atoms with Gasteiger partial charge in [0.25, 0.3) is 0 Å². The van der Waals surface area contributed by atoms with Crippen molar-refractivity contribution in [3.05, 3.63) is 94.3 Å². The van der Waals surface area contributed by atoms with E-state index in [0.717, 1.165) is 6.07 Å². The molecular formula is C23H12ClF2N5O2. The molecule has 33 heavy (non-hydrogen) atoms. The Morgan fingerprint density at radius 2 is 1.82 bits per heavy atom. The number of carbonyl (C=O) groups excluding carboxylic acids is 2. The smallest absolute Gasteiger partial charge is 0.308 e. The SMILES string of the molecule is N#Cc1cnc2ccc(C(=O)c3c(Cl)ccc(NC(=O)Nc4cccc(F)c4)c3F)cc2n1. The van der Waals surface area contributed by atoms with Crippen molar-refractivity contribution < 1.29 is 18.4 Å². The van der Waals surface area contributed by atoms with E-state index in [1.54, 1.807) is 0 Å². The van der Waals surface area contributed by atoms with E-state index in [9.17, 15) is 14.0 Å². The van der Waals surface area contributed by atoms with E-state index >= 15 is 4.39 Å². The number of nitrogens with one attached hydrogen (secondary N) is 2. The van der Waals surface area contributed by atoms with Crippen LogP contribution in [0.1, 0.15) is 21.6 Å². The largest absolute Gasteiger partial charge is 0.323 e. The average molecular weight is 464 g/mol. The fourth-order valence-corrected chi connectivity index (χ4v) is 3.29. The number of halogens is 3. The molecule has 7 nitrogen and oxygen atoms in total. The summed E-state index contributed by atoms with van der Waals surface area (Å²) >= 11 is 6.09. The number of rotatable bonds is 4. The molecular weight excluding hydrogens is 452 g/mol. The van der Waals surface area contributed by atoms with Gasteiger partial charge in [0.15, 0.2) is 17.3 Å². The first kappa shape index (κ1) is 21.8. The van der Waals surface area contributed by atoms with Crippen molar-refractivity contribution in [2.45, 2.75) is 0 Å². The Hall–Kier alpha value is -4.42. The van der Waals surface area contributed by atoms with Crippen LogP contribution in [0.2, 0.25) is 5.02 Å². The fourth-order valence-electron chi connectivity index (χ4n) is 3.06. The maximum absolute atomic E-state index is 15.2. The first-order valence-corrected chi connectivity index (χ1v) is 9.76. The van der Waals surface area contributed by atoms with Crippen LogP contribution >= 0.6 is 11.6 Å². The molecule has 0 radical (unpaired) electrons. The molecule has 1 heterocycles. The summed E-state index contributed by atoms with van der Waals surface area (Å²) in [6, 6.07) is 12.9. The van der Waals surface area contributed by atoms with Gasteiger partial charge in [-0.2, -0.15) is 5.26 Å². The predicted molar refractivity (Wildman–Crippen MR) is 118 cm³/mol. The molecule has 0 aliphatic carbocycles. The Morgan fingerprint density at radius 1 is 1.00 bits per heavy atom. The molecule has 4 aromatic rings. The van der Waals surface area contributed by atoms with Gasteiger partial charge in [0, 0.05) is 11.3 Å². The van der Waals surface area contributed by atoms with Crippen LogP contribution in [-0.4, -0.2) is 21.8 Å². The number of nitrogens with zero attached hydrogens (tertiary/aromatic N) is 3. The summed E-state index contributed by atoms with van der Waals surface area (Å²) in [6.07, 6.45) is 1.30. The third kappa shape index (κ3) is 4.61. The van der Waals surface area contributed by atoms with Crippen LogP contribution in [0.4, 0.5) is 25.0 Å². The number of anilines is 2. The minimum Gasteiger partial charge on any atom is -0.308 e. The molecule has 162 valence electrons. The molecule has 10 heteroatoms. The number of hydrogen-bond donors (Lipinski definition) is 2. The Morgan fingerprint density at radius 3 is 2.58 bits per heavy atom. The van der Waals surface area contributed by atoms with Crippen molar-refractivity contribution in [2.24, 2.45) is 0 Å². The number of amides is 2. The van der Waals surface area contributed by atoms with Crippen LogP contribution in [0, 0.1) is 23.0 Å². The summed E-state index contributed by atoms with van der Waals surface area (Å²) in [5.74, 6) is -2.35. The maximum Gasteiger partial charge on any atom is 0.323 e. The molecule has 0 saturated heterocycles.